The van der Waals surface area contributed by atoms with Crippen LogP contribution in [0.3, 0.4) is 0 Å². The number of nitro groups is 1. The van der Waals surface area contributed by atoms with Crippen LogP contribution in [0.25, 0.3) is 0 Å². The third-order valence-corrected chi connectivity index (χ3v) is 2.52. The van der Waals surface area contributed by atoms with Crippen molar-refractivity contribution in [1.82, 2.24) is 4.98 Å². The minimum Gasteiger partial charge on any atom is -0.383 e. The number of aromatic nitrogens is 1. The van der Waals surface area contributed by atoms with Crippen LogP contribution < -0.4 is 11.1 Å². The van der Waals surface area contributed by atoms with Crippen molar-refractivity contribution in [2.24, 2.45) is 0 Å². The zero-order valence-electron chi connectivity index (χ0n) is 10.1. The maximum atomic E-state index is 13.4. The van der Waals surface area contributed by atoms with E-state index in [-0.39, 0.29) is 29.4 Å². The summed E-state index contributed by atoms with van der Waals surface area (Å²) in [6.45, 7) is -0.000277. The van der Waals surface area contributed by atoms with Crippen LogP contribution in [0.15, 0.2) is 30.3 Å². The smallest absolute Gasteiger partial charge is 0.276 e. The van der Waals surface area contributed by atoms with Crippen LogP contribution in [0, 0.1) is 21.7 Å². The van der Waals surface area contributed by atoms with Gasteiger partial charge >= 0.3 is 0 Å². The van der Waals surface area contributed by atoms with E-state index in [9.17, 15) is 18.9 Å². The van der Waals surface area contributed by atoms with Crippen molar-refractivity contribution in [2.45, 2.75) is 6.54 Å². The number of anilines is 2. The SMILES string of the molecule is Nc1cc([N+](=O)[O-])cc(NCc2ccc(F)cc2F)n1. The number of nitrogens with two attached hydrogens (primary N) is 1. The summed E-state index contributed by atoms with van der Waals surface area (Å²) in [5, 5.41) is 13.4. The van der Waals surface area contributed by atoms with E-state index < -0.39 is 16.6 Å². The normalized spacial score (nSPS) is 10.3. The van der Waals surface area contributed by atoms with E-state index in [1.54, 1.807) is 0 Å². The lowest BCUT2D eigenvalue weighted by Gasteiger charge is -2.07. The van der Waals surface area contributed by atoms with Crippen LogP contribution in [0.5, 0.6) is 0 Å². The first-order valence-electron chi connectivity index (χ1n) is 5.55. The lowest BCUT2D eigenvalue weighted by molar-refractivity contribution is -0.384. The molecule has 0 fully saturated rings. The summed E-state index contributed by atoms with van der Waals surface area (Å²) in [5.41, 5.74) is 5.42. The van der Waals surface area contributed by atoms with Gasteiger partial charge in [0.2, 0.25) is 0 Å². The largest absolute Gasteiger partial charge is 0.383 e. The van der Waals surface area contributed by atoms with Gasteiger partial charge in [-0.05, 0) is 6.07 Å². The standard InChI is InChI=1S/C12H10F2N4O2/c13-8-2-1-7(10(14)3-8)6-16-12-5-9(18(19)20)4-11(15)17-12/h1-5H,6H2,(H3,15,16,17). The summed E-state index contributed by atoms with van der Waals surface area (Å²) < 4.78 is 26.1. The van der Waals surface area contributed by atoms with Gasteiger partial charge in [0, 0.05) is 18.2 Å². The number of benzene rings is 1. The second-order valence-electron chi connectivity index (χ2n) is 3.98. The van der Waals surface area contributed by atoms with Gasteiger partial charge in [-0.2, -0.15) is 0 Å². The van der Waals surface area contributed by atoms with Gasteiger partial charge in [-0.15, -0.1) is 0 Å². The molecule has 0 spiro atoms. The number of rotatable bonds is 4. The molecule has 104 valence electrons. The van der Waals surface area contributed by atoms with E-state index in [1.165, 1.54) is 12.1 Å². The summed E-state index contributed by atoms with van der Waals surface area (Å²) in [6, 6.07) is 5.45. The number of pyridine rings is 1. The van der Waals surface area contributed by atoms with Crippen molar-refractivity contribution in [3.05, 3.63) is 57.6 Å². The number of halogens is 2. The molecule has 0 atom stereocenters. The number of nitrogen functional groups attached to an aromatic ring is 1. The third-order valence-electron chi connectivity index (χ3n) is 2.52. The Hall–Kier alpha value is -2.77. The zero-order valence-corrected chi connectivity index (χ0v) is 10.1. The second-order valence-corrected chi connectivity index (χ2v) is 3.98. The van der Waals surface area contributed by atoms with E-state index in [1.807, 2.05) is 0 Å². The molecular weight excluding hydrogens is 270 g/mol. The monoisotopic (exact) mass is 280 g/mol. The molecule has 0 amide bonds. The summed E-state index contributed by atoms with van der Waals surface area (Å²) >= 11 is 0. The van der Waals surface area contributed by atoms with Gasteiger partial charge in [-0.25, -0.2) is 13.8 Å². The van der Waals surface area contributed by atoms with Gasteiger partial charge in [0.15, 0.2) is 0 Å². The molecule has 0 unspecified atom stereocenters. The molecule has 6 nitrogen and oxygen atoms in total. The number of nitrogens with zero attached hydrogens (tertiary/aromatic N) is 2. The molecule has 0 saturated heterocycles. The average Bonchev–Trinajstić information content (AvgIpc) is 2.37. The highest BCUT2D eigenvalue weighted by atomic mass is 19.1. The minimum atomic E-state index is -0.712. The minimum absolute atomic E-state index is 0.000277. The predicted molar refractivity (Wildman–Crippen MR) is 69.0 cm³/mol. The summed E-state index contributed by atoms with van der Waals surface area (Å²) in [4.78, 5) is 13.9. The Morgan fingerprint density at radius 2 is 2.05 bits per heavy atom. The third kappa shape index (κ3) is 3.16. The van der Waals surface area contributed by atoms with Crippen LogP contribution in [0.2, 0.25) is 0 Å². The van der Waals surface area contributed by atoms with Crippen LogP contribution in [-0.4, -0.2) is 9.91 Å². The van der Waals surface area contributed by atoms with Crippen LogP contribution in [0.1, 0.15) is 5.56 Å². The Morgan fingerprint density at radius 3 is 2.70 bits per heavy atom. The molecule has 2 aromatic rings. The maximum absolute atomic E-state index is 13.4. The van der Waals surface area contributed by atoms with Crippen molar-refractivity contribution in [3.63, 3.8) is 0 Å². The first-order chi connectivity index (χ1) is 9.45. The maximum Gasteiger partial charge on any atom is 0.276 e. The summed E-state index contributed by atoms with van der Waals surface area (Å²) in [6.07, 6.45) is 0. The topological polar surface area (TPSA) is 94.1 Å². The zero-order chi connectivity index (χ0) is 14.7. The quantitative estimate of drug-likeness (QED) is 0.662. The molecule has 1 aromatic carbocycles. The molecule has 8 heteroatoms. The first-order valence-corrected chi connectivity index (χ1v) is 5.55. The summed E-state index contributed by atoms with van der Waals surface area (Å²) in [7, 11) is 0. The molecular formula is C12H10F2N4O2. The molecule has 1 heterocycles. The van der Waals surface area contributed by atoms with Crippen molar-refractivity contribution in [2.75, 3.05) is 11.1 Å². The Kier molecular flexibility index (Phi) is 3.74. The summed E-state index contributed by atoms with van der Waals surface area (Å²) in [5.74, 6) is -1.28. The molecule has 1 aromatic heterocycles. The molecule has 3 N–H and O–H groups in total. The molecule has 0 saturated carbocycles. The fourth-order valence-corrected chi connectivity index (χ4v) is 1.58. The van der Waals surface area contributed by atoms with Gasteiger partial charge in [-0.1, -0.05) is 6.07 Å². The van der Waals surface area contributed by atoms with Gasteiger partial charge in [0.05, 0.1) is 17.1 Å². The lowest BCUT2D eigenvalue weighted by Crippen LogP contribution is -2.05. The van der Waals surface area contributed by atoms with E-state index in [0.29, 0.717) is 0 Å². The highest BCUT2D eigenvalue weighted by Crippen LogP contribution is 2.19. The fraction of sp³-hybridized carbons (Fsp3) is 0.0833. The Bertz CT molecular complexity index is 664. The second kappa shape index (κ2) is 5.47. The number of hydrogen-bond donors (Lipinski definition) is 2. The van der Waals surface area contributed by atoms with Crippen LogP contribution in [0.4, 0.5) is 26.1 Å². The van der Waals surface area contributed by atoms with Crippen LogP contribution >= 0.6 is 0 Å². The molecule has 0 aliphatic heterocycles. The van der Waals surface area contributed by atoms with E-state index in [4.69, 9.17) is 5.73 Å². The highest BCUT2D eigenvalue weighted by molar-refractivity contribution is 5.52. The van der Waals surface area contributed by atoms with Crippen molar-refractivity contribution in [1.29, 1.82) is 0 Å². The average molecular weight is 280 g/mol. The van der Waals surface area contributed by atoms with Crippen molar-refractivity contribution in [3.8, 4) is 0 Å². The number of hydrogen-bond acceptors (Lipinski definition) is 5. The van der Waals surface area contributed by atoms with Crippen LogP contribution in [-0.2, 0) is 6.54 Å². The molecule has 0 radical (unpaired) electrons. The predicted octanol–water partition coefficient (Wildman–Crippen LogP) is 2.46. The highest BCUT2D eigenvalue weighted by Gasteiger charge is 2.10. The molecule has 0 bridgehead atoms. The van der Waals surface area contributed by atoms with Gasteiger partial charge < -0.3 is 11.1 Å². The van der Waals surface area contributed by atoms with Gasteiger partial charge in [0.1, 0.15) is 23.3 Å². The molecule has 20 heavy (non-hydrogen) atoms. The fourth-order valence-electron chi connectivity index (χ4n) is 1.58. The van der Waals surface area contributed by atoms with E-state index in [2.05, 4.69) is 10.3 Å². The Balaban J connectivity index is 2.16. The first kappa shape index (κ1) is 13.7. The molecule has 2 rings (SSSR count). The number of nitrogens with one attached hydrogen (secondary N) is 1. The Morgan fingerprint density at radius 1 is 1.30 bits per heavy atom. The lowest BCUT2D eigenvalue weighted by atomic mass is 10.2. The molecule has 0 aliphatic rings. The van der Waals surface area contributed by atoms with Crippen molar-refractivity contribution >= 4 is 17.3 Å². The van der Waals surface area contributed by atoms with E-state index in [0.717, 1.165) is 18.2 Å². The van der Waals surface area contributed by atoms with Gasteiger partial charge in [0.25, 0.3) is 5.69 Å². The Labute approximate surface area is 112 Å². The molecule has 0 aliphatic carbocycles. The van der Waals surface area contributed by atoms with E-state index >= 15 is 0 Å². The van der Waals surface area contributed by atoms with Crippen molar-refractivity contribution < 1.29 is 13.7 Å². The van der Waals surface area contributed by atoms with Gasteiger partial charge in [-0.3, -0.25) is 10.1 Å².